The number of benzene rings is 2. The zero-order valence-corrected chi connectivity index (χ0v) is 16.5. The summed E-state index contributed by atoms with van der Waals surface area (Å²) in [4.78, 5) is 0. The van der Waals surface area contributed by atoms with E-state index in [9.17, 15) is 8.42 Å². The van der Waals surface area contributed by atoms with E-state index in [-0.39, 0.29) is 12.0 Å². The average Bonchev–Trinajstić information content (AvgIpc) is 3.18. The van der Waals surface area contributed by atoms with E-state index in [1.54, 1.807) is 7.11 Å². The molecule has 146 valence electrons. The van der Waals surface area contributed by atoms with E-state index >= 15 is 0 Å². The van der Waals surface area contributed by atoms with Crippen LogP contribution < -0.4 is 14.2 Å². The lowest BCUT2D eigenvalue weighted by molar-refractivity contribution is 0.414. The molecule has 2 aromatic rings. The highest BCUT2D eigenvalue weighted by Gasteiger charge is 2.22. The van der Waals surface area contributed by atoms with Gasteiger partial charge in [0.2, 0.25) is 0 Å². The van der Waals surface area contributed by atoms with Crippen LogP contribution in [0.25, 0.3) is 0 Å². The SMILES string of the molecule is COc1ccc(CC(CNS(=O)(=O)NC2CCCC2)c2ccccc2)cc1. The zero-order valence-electron chi connectivity index (χ0n) is 15.7. The Morgan fingerprint density at radius 3 is 2.33 bits per heavy atom. The predicted octanol–water partition coefficient (Wildman–Crippen LogP) is 3.39. The molecule has 0 saturated heterocycles. The minimum Gasteiger partial charge on any atom is -0.497 e. The molecule has 5 nitrogen and oxygen atoms in total. The number of nitrogens with one attached hydrogen (secondary N) is 2. The molecule has 0 aromatic heterocycles. The van der Waals surface area contributed by atoms with E-state index in [4.69, 9.17) is 4.74 Å². The average molecular weight is 389 g/mol. The van der Waals surface area contributed by atoms with Crippen molar-refractivity contribution in [3.8, 4) is 5.75 Å². The van der Waals surface area contributed by atoms with Crippen LogP contribution in [0.4, 0.5) is 0 Å². The van der Waals surface area contributed by atoms with Gasteiger partial charge in [-0.15, -0.1) is 0 Å². The lowest BCUT2D eigenvalue weighted by Crippen LogP contribution is -2.43. The van der Waals surface area contributed by atoms with E-state index in [2.05, 4.69) is 9.44 Å². The van der Waals surface area contributed by atoms with Gasteiger partial charge in [0.15, 0.2) is 0 Å². The summed E-state index contributed by atoms with van der Waals surface area (Å²) in [5, 5.41) is 0. The third-order valence-corrected chi connectivity index (χ3v) is 6.30. The first-order chi connectivity index (χ1) is 13.1. The Bertz CT molecular complexity index is 801. The smallest absolute Gasteiger partial charge is 0.277 e. The highest BCUT2D eigenvalue weighted by atomic mass is 32.2. The van der Waals surface area contributed by atoms with Crippen LogP contribution in [-0.4, -0.2) is 28.1 Å². The summed E-state index contributed by atoms with van der Waals surface area (Å²) in [5.41, 5.74) is 2.27. The molecule has 1 aliphatic carbocycles. The summed E-state index contributed by atoms with van der Waals surface area (Å²) in [7, 11) is -1.84. The summed E-state index contributed by atoms with van der Waals surface area (Å²) in [5.74, 6) is 0.872. The third kappa shape index (κ3) is 6.06. The predicted molar refractivity (Wildman–Crippen MR) is 108 cm³/mol. The molecule has 0 radical (unpaired) electrons. The van der Waals surface area contributed by atoms with Crippen LogP contribution in [0.1, 0.15) is 42.7 Å². The quantitative estimate of drug-likeness (QED) is 0.692. The molecule has 1 unspecified atom stereocenters. The van der Waals surface area contributed by atoms with Crippen molar-refractivity contribution in [1.29, 1.82) is 0 Å². The van der Waals surface area contributed by atoms with Crippen molar-refractivity contribution in [3.05, 3.63) is 65.7 Å². The van der Waals surface area contributed by atoms with Crippen LogP contribution >= 0.6 is 0 Å². The van der Waals surface area contributed by atoms with Crippen molar-refractivity contribution < 1.29 is 13.2 Å². The molecule has 6 heteroatoms. The molecule has 0 heterocycles. The highest BCUT2D eigenvalue weighted by Crippen LogP contribution is 2.23. The molecule has 1 fully saturated rings. The van der Waals surface area contributed by atoms with Crippen LogP contribution in [0.3, 0.4) is 0 Å². The second kappa shape index (κ2) is 9.35. The largest absolute Gasteiger partial charge is 0.497 e. The fraction of sp³-hybridized carbons (Fsp3) is 0.429. The van der Waals surface area contributed by atoms with Gasteiger partial charge < -0.3 is 4.74 Å². The topological polar surface area (TPSA) is 67.4 Å². The van der Waals surface area contributed by atoms with Gasteiger partial charge in [-0.1, -0.05) is 55.3 Å². The summed E-state index contributed by atoms with van der Waals surface area (Å²) in [6.07, 6.45) is 4.79. The van der Waals surface area contributed by atoms with Crippen molar-refractivity contribution in [2.24, 2.45) is 0 Å². The molecule has 2 aromatic carbocycles. The van der Waals surface area contributed by atoms with E-state index in [0.29, 0.717) is 6.54 Å². The van der Waals surface area contributed by atoms with Crippen molar-refractivity contribution in [2.75, 3.05) is 13.7 Å². The highest BCUT2D eigenvalue weighted by molar-refractivity contribution is 7.87. The fourth-order valence-electron chi connectivity index (χ4n) is 3.59. The minimum absolute atomic E-state index is 0.0553. The normalized spacial score (nSPS) is 16.3. The molecular weight excluding hydrogens is 360 g/mol. The van der Waals surface area contributed by atoms with Crippen molar-refractivity contribution in [3.63, 3.8) is 0 Å². The Labute approximate surface area is 162 Å². The van der Waals surface area contributed by atoms with Crippen LogP contribution in [0.2, 0.25) is 0 Å². The number of hydrogen-bond donors (Lipinski definition) is 2. The van der Waals surface area contributed by atoms with Crippen molar-refractivity contribution in [2.45, 2.75) is 44.1 Å². The third-order valence-electron chi connectivity index (χ3n) is 5.11. The molecule has 1 aliphatic rings. The van der Waals surface area contributed by atoms with Crippen LogP contribution in [-0.2, 0) is 16.6 Å². The van der Waals surface area contributed by atoms with Gasteiger partial charge in [-0.2, -0.15) is 13.1 Å². The lowest BCUT2D eigenvalue weighted by atomic mass is 9.92. The van der Waals surface area contributed by atoms with Crippen molar-refractivity contribution in [1.82, 2.24) is 9.44 Å². The van der Waals surface area contributed by atoms with Crippen LogP contribution in [0.15, 0.2) is 54.6 Å². The molecule has 0 spiro atoms. The first-order valence-corrected chi connectivity index (χ1v) is 11.0. The number of methoxy groups -OCH3 is 1. The standard InChI is InChI=1S/C21H28N2O3S/c1-26-21-13-11-17(12-14-21)15-19(18-7-3-2-4-8-18)16-22-27(24,25)23-20-9-5-6-10-20/h2-4,7-8,11-14,19-20,22-23H,5-6,9-10,15-16H2,1H3. The molecule has 27 heavy (non-hydrogen) atoms. The number of hydrogen-bond acceptors (Lipinski definition) is 3. The molecule has 0 amide bonds. The van der Waals surface area contributed by atoms with E-state index in [1.807, 2.05) is 54.6 Å². The maximum Gasteiger partial charge on any atom is 0.277 e. The first-order valence-electron chi connectivity index (χ1n) is 9.50. The molecule has 1 atom stereocenters. The molecule has 1 saturated carbocycles. The molecule has 3 rings (SSSR count). The van der Waals surface area contributed by atoms with Gasteiger partial charge >= 0.3 is 0 Å². The van der Waals surface area contributed by atoms with E-state index in [0.717, 1.165) is 49.0 Å². The van der Waals surface area contributed by atoms with Gasteiger partial charge in [0.1, 0.15) is 5.75 Å². The summed E-state index contributed by atoms with van der Waals surface area (Å²) in [6.45, 7) is 0.359. The summed E-state index contributed by atoms with van der Waals surface area (Å²) in [6, 6.07) is 18.0. The summed E-state index contributed by atoms with van der Waals surface area (Å²) >= 11 is 0. The summed E-state index contributed by atoms with van der Waals surface area (Å²) < 4.78 is 35.6. The van der Waals surface area contributed by atoms with Crippen LogP contribution in [0.5, 0.6) is 5.75 Å². The Hall–Kier alpha value is -1.89. The Balaban J connectivity index is 1.68. The number of ether oxygens (including phenoxy) is 1. The molecule has 0 bridgehead atoms. The molecular formula is C21H28N2O3S. The Morgan fingerprint density at radius 1 is 1.04 bits per heavy atom. The Kier molecular flexibility index (Phi) is 6.88. The maximum atomic E-state index is 12.4. The van der Waals surface area contributed by atoms with Crippen LogP contribution in [0, 0.1) is 0 Å². The molecule has 0 aliphatic heterocycles. The monoisotopic (exact) mass is 388 g/mol. The van der Waals surface area contributed by atoms with Crippen molar-refractivity contribution >= 4 is 10.2 Å². The second-order valence-electron chi connectivity index (χ2n) is 7.11. The first kappa shape index (κ1) is 19.9. The molecule has 2 N–H and O–H groups in total. The number of rotatable bonds is 9. The van der Waals surface area contributed by atoms with Gasteiger partial charge in [0, 0.05) is 18.5 Å². The maximum absolute atomic E-state index is 12.4. The Morgan fingerprint density at radius 2 is 1.70 bits per heavy atom. The van der Waals surface area contributed by atoms with E-state index < -0.39 is 10.2 Å². The second-order valence-corrected chi connectivity index (χ2v) is 8.64. The minimum atomic E-state index is -3.49. The van der Waals surface area contributed by atoms with Gasteiger partial charge in [-0.05, 0) is 42.5 Å². The van der Waals surface area contributed by atoms with Gasteiger partial charge in [0.05, 0.1) is 7.11 Å². The zero-order chi connectivity index (χ0) is 19.1. The van der Waals surface area contributed by atoms with Gasteiger partial charge in [-0.25, -0.2) is 4.72 Å². The fourth-order valence-corrected chi connectivity index (χ4v) is 4.77. The van der Waals surface area contributed by atoms with Gasteiger partial charge in [0.25, 0.3) is 10.2 Å². The van der Waals surface area contributed by atoms with E-state index in [1.165, 1.54) is 0 Å². The lowest BCUT2D eigenvalue weighted by Gasteiger charge is -2.20. The van der Waals surface area contributed by atoms with Gasteiger partial charge in [-0.3, -0.25) is 0 Å².